The largest absolute Gasteiger partial charge is 0.466 e. The minimum atomic E-state index is -0.318. The van der Waals surface area contributed by atoms with Crippen LogP contribution in [0.2, 0.25) is 0 Å². The predicted molar refractivity (Wildman–Crippen MR) is 129 cm³/mol. The fraction of sp³-hybridized carbons (Fsp3) is 0.280. The molecule has 0 saturated carbocycles. The van der Waals surface area contributed by atoms with Crippen molar-refractivity contribution in [3.63, 3.8) is 0 Å². The Hall–Kier alpha value is -3.94. The van der Waals surface area contributed by atoms with Gasteiger partial charge in [0.2, 0.25) is 5.91 Å². The second-order valence-corrected chi connectivity index (χ2v) is 8.49. The minimum Gasteiger partial charge on any atom is -0.466 e. The van der Waals surface area contributed by atoms with E-state index >= 15 is 0 Å². The molecule has 0 fully saturated rings. The van der Waals surface area contributed by atoms with E-state index in [2.05, 4.69) is 15.7 Å². The summed E-state index contributed by atoms with van der Waals surface area (Å²) in [4.78, 5) is 30.0. The van der Waals surface area contributed by atoms with Gasteiger partial charge in [-0.3, -0.25) is 9.59 Å². The lowest BCUT2D eigenvalue weighted by atomic mass is 10.1. The van der Waals surface area contributed by atoms with Crippen LogP contribution in [-0.2, 0) is 4.79 Å². The van der Waals surface area contributed by atoms with E-state index in [9.17, 15) is 9.59 Å². The molecule has 2 N–H and O–H groups in total. The Morgan fingerprint density at radius 3 is 2.42 bits per heavy atom. The highest BCUT2D eigenvalue weighted by atomic mass is 16.3. The van der Waals surface area contributed by atoms with Gasteiger partial charge in [0, 0.05) is 18.5 Å². The summed E-state index contributed by atoms with van der Waals surface area (Å²) in [5.41, 5.74) is 4.54. The van der Waals surface area contributed by atoms with Gasteiger partial charge in [-0.1, -0.05) is 6.07 Å². The van der Waals surface area contributed by atoms with Crippen LogP contribution in [0.1, 0.15) is 54.3 Å². The van der Waals surface area contributed by atoms with Crippen LogP contribution in [0.5, 0.6) is 0 Å². The van der Waals surface area contributed by atoms with Crippen molar-refractivity contribution in [3.8, 4) is 11.3 Å². The third-order valence-electron chi connectivity index (χ3n) is 5.35. The second kappa shape index (κ2) is 8.54. The lowest BCUT2D eigenvalue weighted by Crippen LogP contribution is -2.16. The number of fused-ring (bicyclic) bond motifs is 1. The number of aromatic nitrogens is 3. The van der Waals surface area contributed by atoms with E-state index in [0.29, 0.717) is 33.7 Å². The second-order valence-electron chi connectivity index (χ2n) is 8.49. The minimum absolute atomic E-state index is 0.0662. The summed E-state index contributed by atoms with van der Waals surface area (Å²) < 4.78 is 7.50. The number of amides is 2. The Morgan fingerprint density at radius 1 is 1.03 bits per heavy atom. The lowest BCUT2D eigenvalue weighted by molar-refractivity contribution is -0.114. The average molecular weight is 446 g/mol. The predicted octanol–water partition coefficient (Wildman–Crippen LogP) is 5.41. The number of furan rings is 1. The van der Waals surface area contributed by atoms with E-state index in [1.165, 1.54) is 6.92 Å². The summed E-state index contributed by atoms with van der Waals surface area (Å²) in [6.07, 6.45) is 1.67. The van der Waals surface area contributed by atoms with Crippen LogP contribution in [-0.4, -0.2) is 26.6 Å². The average Bonchev–Trinajstić information content (AvgIpc) is 3.31. The van der Waals surface area contributed by atoms with Crippen LogP contribution in [0.15, 0.2) is 40.9 Å². The van der Waals surface area contributed by atoms with E-state index in [0.717, 1.165) is 22.6 Å². The number of aryl methyl sites for hydroxylation is 3. The molecule has 0 atom stereocenters. The van der Waals surface area contributed by atoms with E-state index in [-0.39, 0.29) is 17.9 Å². The van der Waals surface area contributed by atoms with Gasteiger partial charge in [0.1, 0.15) is 11.5 Å². The quantitative estimate of drug-likeness (QED) is 0.428. The van der Waals surface area contributed by atoms with Gasteiger partial charge in [0.15, 0.2) is 5.65 Å². The molecule has 1 aromatic carbocycles. The maximum Gasteiger partial charge on any atom is 0.256 e. The number of anilines is 2. The van der Waals surface area contributed by atoms with E-state index in [1.807, 2.05) is 52.8 Å². The molecule has 0 saturated heterocycles. The molecule has 3 aromatic heterocycles. The molecule has 8 heteroatoms. The molecule has 0 spiro atoms. The molecule has 33 heavy (non-hydrogen) atoms. The van der Waals surface area contributed by atoms with Gasteiger partial charge in [-0.2, -0.15) is 5.10 Å². The zero-order chi connectivity index (χ0) is 23.9. The van der Waals surface area contributed by atoms with Crippen molar-refractivity contribution in [3.05, 3.63) is 59.2 Å². The molecule has 3 heterocycles. The number of hydrogen-bond acceptors (Lipinski definition) is 5. The first-order valence-electron chi connectivity index (χ1n) is 10.8. The monoisotopic (exact) mass is 445 g/mol. The molecule has 0 aliphatic carbocycles. The molecule has 8 nitrogen and oxygen atoms in total. The van der Waals surface area contributed by atoms with E-state index < -0.39 is 0 Å². The van der Waals surface area contributed by atoms with Crippen molar-refractivity contribution < 1.29 is 14.0 Å². The molecule has 2 amide bonds. The Bertz CT molecular complexity index is 1380. The van der Waals surface area contributed by atoms with Crippen molar-refractivity contribution in [1.82, 2.24) is 14.8 Å². The first-order valence-corrected chi connectivity index (χ1v) is 10.8. The van der Waals surface area contributed by atoms with Crippen LogP contribution < -0.4 is 10.6 Å². The first-order chi connectivity index (χ1) is 15.6. The number of nitrogens with one attached hydrogen (secondary N) is 2. The highest BCUT2D eigenvalue weighted by Crippen LogP contribution is 2.31. The summed E-state index contributed by atoms with van der Waals surface area (Å²) in [7, 11) is 0. The molecule has 170 valence electrons. The summed E-state index contributed by atoms with van der Waals surface area (Å²) in [5.74, 6) is 0.967. The topological polar surface area (TPSA) is 102 Å². The van der Waals surface area contributed by atoms with Crippen molar-refractivity contribution in [1.29, 1.82) is 0 Å². The fourth-order valence-corrected chi connectivity index (χ4v) is 3.86. The van der Waals surface area contributed by atoms with Gasteiger partial charge < -0.3 is 15.1 Å². The van der Waals surface area contributed by atoms with Crippen LogP contribution in [0.25, 0.3) is 22.3 Å². The third kappa shape index (κ3) is 4.37. The smallest absolute Gasteiger partial charge is 0.256 e. The Balaban J connectivity index is 1.85. The van der Waals surface area contributed by atoms with Gasteiger partial charge in [0.05, 0.1) is 34.2 Å². The van der Waals surface area contributed by atoms with Crippen molar-refractivity contribution in [2.45, 2.75) is 47.6 Å². The zero-order valence-electron chi connectivity index (χ0n) is 19.6. The number of benzene rings is 1. The highest BCUT2D eigenvalue weighted by molar-refractivity contribution is 6.14. The summed E-state index contributed by atoms with van der Waals surface area (Å²) in [6, 6.07) is 9.21. The maximum absolute atomic E-state index is 13.5. The molecule has 0 aliphatic heterocycles. The molecule has 0 radical (unpaired) electrons. The lowest BCUT2D eigenvalue weighted by Gasteiger charge is -2.14. The fourth-order valence-electron chi connectivity index (χ4n) is 3.86. The number of hydrogen-bond donors (Lipinski definition) is 2. The number of carbonyl (C=O) groups is 2. The molecule has 0 bridgehead atoms. The molecule has 4 aromatic rings. The molecular formula is C25H27N5O3. The molecule has 0 aliphatic rings. The van der Waals surface area contributed by atoms with Crippen LogP contribution in [0, 0.1) is 20.8 Å². The highest BCUT2D eigenvalue weighted by Gasteiger charge is 2.21. The SMILES string of the molecule is CC(=O)Nc1ccc(C)cc1NC(=O)c1cc(-c2cc(C)oc2C)nc2c1cnn2C(C)C. The van der Waals surface area contributed by atoms with E-state index in [4.69, 9.17) is 9.40 Å². The summed E-state index contributed by atoms with van der Waals surface area (Å²) >= 11 is 0. The van der Waals surface area contributed by atoms with Gasteiger partial charge in [-0.15, -0.1) is 0 Å². The summed E-state index contributed by atoms with van der Waals surface area (Å²) in [6.45, 7) is 11.1. The number of nitrogens with zero attached hydrogens (tertiary/aromatic N) is 3. The number of carbonyl (C=O) groups excluding carboxylic acids is 2. The Morgan fingerprint density at radius 2 is 1.79 bits per heavy atom. The first kappa shape index (κ1) is 22.3. The number of rotatable bonds is 5. The third-order valence-corrected chi connectivity index (χ3v) is 5.35. The van der Waals surface area contributed by atoms with Gasteiger partial charge in [0.25, 0.3) is 5.91 Å². The Labute approximate surface area is 192 Å². The molecular weight excluding hydrogens is 418 g/mol. The normalized spacial score (nSPS) is 11.2. The number of pyridine rings is 1. The summed E-state index contributed by atoms with van der Waals surface area (Å²) in [5, 5.41) is 10.8. The van der Waals surface area contributed by atoms with Gasteiger partial charge in [-0.05, 0) is 64.4 Å². The van der Waals surface area contributed by atoms with Crippen molar-refractivity contribution >= 4 is 34.2 Å². The van der Waals surface area contributed by atoms with Crippen molar-refractivity contribution in [2.24, 2.45) is 0 Å². The zero-order valence-corrected chi connectivity index (χ0v) is 19.6. The maximum atomic E-state index is 13.5. The molecule has 0 unspecified atom stereocenters. The van der Waals surface area contributed by atoms with E-state index in [1.54, 1.807) is 23.0 Å². The standard InChI is InChI=1S/C25H27N5O3/c1-13(2)30-24-20(12-26-30)19(11-22(28-24)18-10-15(4)33-16(18)5)25(32)29-23-9-14(3)7-8-21(23)27-17(6)31/h7-13H,1-6H3,(H,27,31)(H,29,32). The Kier molecular flexibility index (Phi) is 5.76. The van der Waals surface area contributed by atoms with Crippen LogP contribution >= 0.6 is 0 Å². The van der Waals surface area contributed by atoms with Crippen LogP contribution in [0.3, 0.4) is 0 Å². The van der Waals surface area contributed by atoms with Crippen molar-refractivity contribution in [2.75, 3.05) is 10.6 Å². The molecule has 4 rings (SSSR count). The van der Waals surface area contributed by atoms with Crippen LogP contribution in [0.4, 0.5) is 11.4 Å². The van der Waals surface area contributed by atoms with Gasteiger partial charge in [-0.25, -0.2) is 9.67 Å². The van der Waals surface area contributed by atoms with Gasteiger partial charge >= 0.3 is 0 Å².